The molecule has 0 unspecified atom stereocenters. The number of hydrogen-bond acceptors (Lipinski definition) is 4. The Hall–Kier alpha value is -4.02. The monoisotopic (exact) mass is 385 g/mol. The van der Waals surface area contributed by atoms with E-state index in [-0.39, 0.29) is 5.56 Å². The van der Waals surface area contributed by atoms with E-state index in [0.717, 1.165) is 32.8 Å². The summed E-state index contributed by atoms with van der Waals surface area (Å²) in [5, 5.41) is 14.2. The minimum absolute atomic E-state index is 0.0561. The van der Waals surface area contributed by atoms with E-state index in [1.165, 1.54) is 6.08 Å². The standard InChI is InChI=1S/C23H19N3O3/c1-26(2)20-17-10-5-3-8-15(17)14(16-9-4-6-11-18(16)20)12-7-13-19-21(27)24-23(29)25-22(19)28/h3-6,8-13H,1-2H3,(H3,24,25,27,28,29). The van der Waals surface area contributed by atoms with Crippen LogP contribution < -0.4 is 16.1 Å². The van der Waals surface area contributed by atoms with Crippen molar-refractivity contribution in [2.75, 3.05) is 19.0 Å². The molecule has 0 amide bonds. The molecule has 0 fully saturated rings. The van der Waals surface area contributed by atoms with Crippen LogP contribution in [0.2, 0.25) is 0 Å². The molecule has 0 radical (unpaired) electrons. The first-order valence-electron chi connectivity index (χ1n) is 9.06. The van der Waals surface area contributed by atoms with Crippen LogP contribution >= 0.6 is 0 Å². The lowest BCUT2D eigenvalue weighted by Gasteiger charge is -2.20. The zero-order chi connectivity index (χ0) is 20.5. The van der Waals surface area contributed by atoms with Crippen LogP contribution in [0, 0.1) is 0 Å². The van der Waals surface area contributed by atoms with Crippen molar-refractivity contribution in [3.05, 3.63) is 86.2 Å². The van der Waals surface area contributed by atoms with E-state index in [1.807, 2.05) is 50.5 Å². The van der Waals surface area contributed by atoms with Gasteiger partial charge in [0.05, 0.1) is 5.69 Å². The average Bonchev–Trinajstić information content (AvgIpc) is 2.68. The molecule has 6 heteroatoms. The second kappa shape index (κ2) is 7.19. The molecule has 6 nitrogen and oxygen atoms in total. The predicted octanol–water partition coefficient (Wildman–Crippen LogP) is 3.47. The van der Waals surface area contributed by atoms with Crippen molar-refractivity contribution in [3.63, 3.8) is 0 Å². The number of aromatic hydroxyl groups is 1. The molecule has 4 rings (SSSR count). The van der Waals surface area contributed by atoms with Crippen LogP contribution in [0.3, 0.4) is 0 Å². The van der Waals surface area contributed by atoms with Crippen LogP contribution in [-0.2, 0) is 0 Å². The van der Waals surface area contributed by atoms with E-state index >= 15 is 0 Å². The largest absolute Gasteiger partial charge is 0.494 e. The number of aromatic nitrogens is 2. The third-order valence-corrected chi connectivity index (χ3v) is 4.81. The fourth-order valence-electron chi connectivity index (χ4n) is 3.60. The molecule has 0 atom stereocenters. The van der Waals surface area contributed by atoms with Crippen LogP contribution in [-0.4, -0.2) is 29.2 Å². The third-order valence-electron chi connectivity index (χ3n) is 4.81. The van der Waals surface area contributed by atoms with Crippen molar-refractivity contribution >= 4 is 39.4 Å². The van der Waals surface area contributed by atoms with Crippen LogP contribution in [0.1, 0.15) is 11.1 Å². The van der Waals surface area contributed by atoms with Gasteiger partial charge in [-0.3, -0.25) is 14.8 Å². The molecule has 0 bridgehead atoms. The van der Waals surface area contributed by atoms with Gasteiger partial charge < -0.3 is 10.0 Å². The fourth-order valence-corrected chi connectivity index (χ4v) is 3.60. The molecule has 0 aliphatic heterocycles. The fraction of sp³-hybridized carbons (Fsp3) is 0.0870. The summed E-state index contributed by atoms with van der Waals surface area (Å²) in [6.07, 6.45) is 3.14. The van der Waals surface area contributed by atoms with Gasteiger partial charge in [0.15, 0.2) is 0 Å². The van der Waals surface area contributed by atoms with E-state index in [9.17, 15) is 14.7 Å². The van der Waals surface area contributed by atoms with Crippen LogP contribution in [0.4, 0.5) is 5.69 Å². The highest BCUT2D eigenvalue weighted by Crippen LogP contribution is 2.38. The number of benzene rings is 3. The molecule has 0 saturated carbocycles. The molecule has 4 aromatic rings. The van der Waals surface area contributed by atoms with E-state index < -0.39 is 17.1 Å². The maximum absolute atomic E-state index is 11.9. The summed E-state index contributed by atoms with van der Waals surface area (Å²) < 4.78 is 0. The van der Waals surface area contributed by atoms with Gasteiger partial charge in [-0.1, -0.05) is 48.5 Å². The lowest BCUT2D eigenvalue weighted by Crippen LogP contribution is -2.23. The lowest BCUT2D eigenvalue weighted by atomic mass is 9.94. The zero-order valence-corrected chi connectivity index (χ0v) is 16.0. The first-order valence-corrected chi connectivity index (χ1v) is 9.06. The lowest BCUT2D eigenvalue weighted by molar-refractivity contribution is 0.447. The van der Waals surface area contributed by atoms with Crippen LogP contribution in [0.25, 0.3) is 33.7 Å². The van der Waals surface area contributed by atoms with Gasteiger partial charge in [0.25, 0.3) is 5.56 Å². The number of hydrogen-bond donors (Lipinski definition) is 3. The summed E-state index contributed by atoms with van der Waals surface area (Å²) >= 11 is 0. The SMILES string of the molecule is CN(C)c1c2ccccc2c(C=C=Cc2c(O)[nH]c(=O)[nH]c2=O)c2ccccc12. The molecule has 144 valence electrons. The second-order valence-corrected chi connectivity index (χ2v) is 6.87. The van der Waals surface area contributed by atoms with E-state index in [0.29, 0.717) is 0 Å². The maximum atomic E-state index is 11.9. The van der Waals surface area contributed by atoms with Gasteiger partial charge in [-0.2, -0.15) is 0 Å². The molecule has 1 aromatic heterocycles. The molecule has 3 N–H and O–H groups in total. The highest BCUT2D eigenvalue weighted by atomic mass is 16.3. The van der Waals surface area contributed by atoms with E-state index in [2.05, 4.69) is 32.7 Å². The topological polar surface area (TPSA) is 89.2 Å². The second-order valence-electron chi connectivity index (χ2n) is 6.87. The number of rotatable bonds is 3. The Morgan fingerprint density at radius 3 is 1.86 bits per heavy atom. The third kappa shape index (κ3) is 3.22. The summed E-state index contributed by atoms with van der Waals surface area (Å²) in [7, 11) is 4.05. The van der Waals surface area contributed by atoms with Gasteiger partial charge in [0.1, 0.15) is 5.56 Å². The molecular formula is C23H19N3O3. The Balaban J connectivity index is 2.02. The van der Waals surface area contributed by atoms with Crippen LogP contribution in [0.5, 0.6) is 5.88 Å². The maximum Gasteiger partial charge on any atom is 0.328 e. The Kier molecular flexibility index (Phi) is 4.55. The highest BCUT2D eigenvalue weighted by Gasteiger charge is 2.13. The van der Waals surface area contributed by atoms with Crippen molar-refractivity contribution in [1.29, 1.82) is 0 Å². The summed E-state index contributed by atoms with van der Waals surface area (Å²) in [6, 6.07) is 16.2. The van der Waals surface area contributed by atoms with E-state index in [1.54, 1.807) is 6.08 Å². The minimum atomic E-state index is -0.759. The van der Waals surface area contributed by atoms with Crippen molar-refractivity contribution in [2.45, 2.75) is 0 Å². The Bertz CT molecular complexity index is 1360. The molecule has 0 aliphatic carbocycles. The Morgan fingerprint density at radius 2 is 1.34 bits per heavy atom. The Morgan fingerprint density at radius 1 is 0.828 bits per heavy atom. The summed E-state index contributed by atoms with van der Waals surface area (Å²) in [6.45, 7) is 0. The summed E-state index contributed by atoms with van der Waals surface area (Å²) in [5.74, 6) is -0.489. The summed E-state index contributed by atoms with van der Waals surface area (Å²) in [5.41, 5.74) is 3.58. The van der Waals surface area contributed by atoms with Gasteiger partial charge >= 0.3 is 5.69 Å². The highest BCUT2D eigenvalue weighted by molar-refractivity contribution is 6.16. The van der Waals surface area contributed by atoms with Crippen molar-refractivity contribution in [3.8, 4) is 5.88 Å². The molecular weight excluding hydrogens is 366 g/mol. The Labute approximate surface area is 166 Å². The van der Waals surface area contributed by atoms with Crippen molar-refractivity contribution in [1.82, 2.24) is 9.97 Å². The molecule has 0 saturated heterocycles. The van der Waals surface area contributed by atoms with Crippen molar-refractivity contribution < 1.29 is 5.11 Å². The molecule has 0 spiro atoms. The van der Waals surface area contributed by atoms with E-state index in [4.69, 9.17) is 0 Å². The molecule has 3 aromatic carbocycles. The smallest absolute Gasteiger partial charge is 0.328 e. The van der Waals surface area contributed by atoms with Crippen molar-refractivity contribution in [2.24, 2.45) is 0 Å². The minimum Gasteiger partial charge on any atom is -0.494 e. The number of H-pyrrole nitrogens is 2. The first kappa shape index (κ1) is 18.3. The molecule has 1 heterocycles. The van der Waals surface area contributed by atoms with Gasteiger partial charge in [-0.25, -0.2) is 4.79 Å². The van der Waals surface area contributed by atoms with Gasteiger partial charge in [-0.05, 0) is 28.5 Å². The van der Waals surface area contributed by atoms with Gasteiger partial charge in [-0.15, -0.1) is 5.73 Å². The number of aromatic amines is 2. The quantitative estimate of drug-likeness (QED) is 0.372. The average molecular weight is 385 g/mol. The van der Waals surface area contributed by atoms with Crippen LogP contribution in [0.15, 0.2) is 63.9 Å². The summed E-state index contributed by atoms with van der Waals surface area (Å²) in [4.78, 5) is 29.5. The molecule has 29 heavy (non-hydrogen) atoms. The van der Waals surface area contributed by atoms with Gasteiger partial charge in [0.2, 0.25) is 5.88 Å². The number of fused-ring (bicyclic) bond motifs is 2. The molecule has 0 aliphatic rings. The normalized spacial score (nSPS) is 10.7. The zero-order valence-electron chi connectivity index (χ0n) is 16.0. The number of nitrogens with one attached hydrogen (secondary N) is 2. The van der Waals surface area contributed by atoms with Gasteiger partial charge in [0, 0.05) is 24.9 Å². The number of anilines is 1. The first-order chi connectivity index (χ1) is 14.0. The number of nitrogens with zero attached hydrogens (tertiary/aromatic N) is 1. The predicted molar refractivity (Wildman–Crippen MR) is 118 cm³/mol.